The lowest BCUT2D eigenvalue weighted by atomic mass is 10.0. The highest BCUT2D eigenvalue weighted by atomic mass is 16.3. The van der Waals surface area contributed by atoms with Gasteiger partial charge in [0.05, 0.1) is 12.8 Å². The third kappa shape index (κ3) is 3.09. The molecule has 1 aromatic rings. The average Bonchev–Trinajstić information content (AvgIpc) is 2.83. The van der Waals surface area contributed by atoms with Gasteiger partial charge in [-0.25, -0.2) is 0 Å². The Morgan fingerprint density at radius 2 is 2.44 bits per heavy atom. The highest BCUT2D eigenvalue weighted by Gasteiger charge is 2.20. The molecule has 1 aliphatic rings. The molecule has 3 heteroatoms. The van der Waals surface area contributed by atoms with Crippen LogP contribution >= 0.6 is 0 Å². The van der Waals surface area contributed by atoms with Gasteiger partial charge in [0.15, 0.2) is 0 Å². The summed E-state index contributed by atoms with van der Waals surface area (Å²) in [4.78, 5) is 2.58. The van der Waals surface area contributed by atoms with Gasteiger partial charge in [-0.05, 0) is 38.1 Å². The maximum absolute atomic E-state index is 5.30. The van der Waals surface area contributed by atoms with Crippen LogP contribution in [0.2, 0.25) is 0 Å². The van der Waals surface area contributed by atoms with E-state index in [9.17, 15) is 0 Å². The molecule has 1 atom stereocenters. The first-order chi connectivity index (χ1) is 7.90. The van der Waals surface area contributed by atoms with Gasteiger partial charge in [0.25, 0.3) is 0 Å². The van der Waals surface area contributed by atoms with Crippen LogP contribution in [-0.2, 0) is 6.54 Å². The molecule has 90 valence electrons. The molecule has 2 heterocycles. The largest absolute Gasteiger partial charge is 0.468 e. The Balaban J connectivity index is 1.71. The Labute approximate surface area is 97.8 Å². The number of piperidine rings is 1. The van der Waals surface area contributed by atoms with E-state index in [2.05, 4.69) is 17.1 Å². The van der Waals surface area contributed by atoms with Gasteiger partial charge < -0.3 is 9.73 Å². The second kappa shape index (κ2) is 6.06. The molecule has 2 rings (SSSR count). The molecular formula is C13H22N2O. The zero-order chi connectivity index (χ0) is 11.2. The molecule has 0 bridgehead atoms. The standard InChI is InChI=1S/C13H22N2O/c1-2-15-8-4-3-6-12(15)10-14-11-13-7-5-9-16-13/h5,7,9,12,14H,2-4,6,8,10-11H2,1H3. The van der Waals surface area contributed by atoms with E-state index in [4.69, 9.17) is 4.42 Å². The molecule has 0 radical (unpaired) electrons. The van der Waals surface area contributed by atoms with Crippen molar-refractivity contribution in [1.29, 1.82) is 0 Å². The van der Waals surface area contributed by atoms with Crippen molar-refractivity contribution in [3.8, 4) is 0 Å². The summed E-state index contributed by atoms with van der Waals surface area (Å²) < 4.78 is 5.30. The highest BCUT2D eigenvalue weighted by molar-refractivity contribution is 4.97. The first-order valence-corrected chi connectivity index (χ1v) is 6.37. The van der Waals surface area contributed by atoms with Crippen LogP contribution in [0.4, 0.5) is 0 Å². The fourth-order valence-electron chi connectivity index (χ4n) is 2.48. The van der Waals surface area contributed by atoms with E-state index >= 15 is 0 Å². The van der Waals surface area contributed by atoms with Gasteiger partial charge in [-0.2, -0.15) is 0 Å². The molecule has 1 unspecified atom stereocenters. The second-order valence-electron chi connectivity index (χ2n) is 4.49. The maximum Gasteiger partial charge on any atom is 0.117 e. The monoisotopic (exact) mass is 222 g/mol. The Bertz CT molecular complexity index is 284. The van der Waals surface area contributed by atoms with Crippen molar-refractivity contribution in [3.63, 3.8) is 0 Å². The fourth-order valence-corrected chi connectivity index (χ4v) is 2.48. The molecule has 1 N–H and O–H groups in total. The molecule has 1 aromatic heterocycles. The van der Waals surface area contributed by atoms with Gasteiger partial charge in [0.1, 0.15) is 5.76 Å². The Hall–Kier alpha value is -0.800. The SMILES string of the molecule is CCN1CCCCC1CNCc1ccco1. The average molecular weight is 222 g/mol. The van der Waals surface area contributed by atoms with Gasteiger partial charge in [-0.3, -0.25) is 4.90 Å². The van der Waals surface area contributed by atoms with Crippen LogP contribution < -0.4 is 5.32 Å². The molecule has 0 amide bonds. The lowest BCUT2D eigenvalue weighted by Crippen LogP contribution is -2.45. The number of hydrogen-bond donors (Lipinski definition) is 1. The molecule has 0 aromatic carbocycles. The van der Waals surface area contributed by atoms with E-state index in [-0.39, 0.29) is 0 Å². The normalized spacial score (nSPS) is 22.4. The van der Waals surface area contributed by atoms with Crippen LogP contribution in [0.3, 0.4) is 0 Å². The van der Waals surface area contributed by atoms with Crippen molar-refractivity contribution < 1.29 is 4.42 Å². The summed E-state index contributed by atoms with van der Waals surface area (Å²) in [5.74, 6) is 1.03. The van der Waals surface area contributed by atoms with Crippen LogP contribution in [0.15, 0.2) is 22.8 Å². The van der Waals surface area contributed by atoms with E-state index in [1.807, 2.05) is 12.1 Å². The van der Waals surface area contributed by atoms with Gasteiger partial charge in [0, 0.05) is 12.6 Å². The lowest BCUT2D eigenvalue weighted by molar-refractivity contribution is 0.152. The number of furan rings is 1. The smallest absolute Gasteiger partial charge is 0.117 e. The van der Waals surface area contributed by atoms with Crippen molar-refractivity contribution in [2.75, 3.05) is 19.6 Å². The molecule has 0 aliphatic carbocycles. The summed E-state index contributed by atoms with van der Waals surface area (Å²) in [5, 5.41) is 3.49. The summed E-state index contributed by atoms with van der Waals surface area (Å²) in [5.41, 5.74) is 0. The summed E-state index contributed by atoms with van der Waals surface area (Å²) in [6.45, 7) is 6.62. The van der Waals surface area contributed by atoms with E-state index in [1.165, 1.54) is 32.4 Å². The van der Waals surface area contributed by atoms with Gasteiger partial charge in [0.2, 0.25) is 0 Å². The third-order valence-corrected chi connectivity index (χ3v) is 3.41. The van der Waals surface area contributed by atoms with E-state index in [1.54, 1.807) is 6.26 Å². The van der Waals surface area contributed by atoms with Gasteiger partial charge in [-0.15, -0.1) is 0 Å². The fraction of sp³-hybridized carbons (Fsp3) is 0.692. The van der Waals surface area contributed by atoms with E-state index < -0.39 is 0 Å². The van der Waals surface area contributed by atoms with Crippen molar-refractivity contribution in [2.24, 2.45) is 0 Å². The molecule has 0 saturated carbocycles. The molecule has 1 fully saturated rings. The summed E-state index contributed by atoms with van der Waals surface area (Å²) in [6.07, 6.45) is 5.81. The number of hydrogen-bond acceptors (Lipinski definition) is 3. The van der Waals surface area contributed by atoms with Crippen molar-refractivity contribution in [2.45, 2.75) is 38.8 Å². The predicted molar refractivity (Wildman–Crippen MR) is 65.3 cm³/mol. The van der Waals surface area contributed by atoms with Crippen LogP contribution in [0.5, 0.6) is 0 Å². The molecule has 3 nitrogen and oxygen atoms in total. The minimum absolute atomic E-state index is 0.716. The zero-order valence-corrected chi connectivity index (χ0v) is 10.1. The van der Waals surface area contributed by atoms with Gasteiger partial charge in [-0.1, -0.05) is 13.3 Å². The number of nitrogens with one attached hydrogen (secondary N) is 1. The van der Waals surface area contributed by atoms with Crippen molar-refractivity contribution in [1.82, 2.24) is 10.2 Å². The van der Waals surface area contributed by atoms with Crippen LogP contribution in [0.25, 0.3) is 0 Å². The van der Waals surface area contributed by atoms with Crippen LogP contribution in [0, 0.1) is 0 Å². The molecule has 1 aliphatic heterocycles. The molecule has 0 spiro atoms. The number of nitrogens with zero attached hydrogens (tertiary/aromatic N) is 1. The minimum atomic E-state index is 0.716. The Kier molecular flexibility index (Phi) is 4.43. The molecule has 1 saturated heterocycles. The first kappa shape index (κ1) is 11.7. The number of likely N-dealkylation sites (N-methyl/N-ethyl adjacent to an activating group) is 1. The summed E-state index contributed by atoms with van der Waals surface area (Å²) in [6, 6.07) is 4.68. The van der Waals surface area contributed by atoms with Crippen LogP contribution in [0.1, 0.15) is 31.9 Å². The summed E-state index contributed by atoms with van der Waals surface area (Å²) in [7, 11) is 0. The molecule has 16 heavy (non-hydrogen) atoms. The summed E-state index contributed by atoms with van der Waals surface area (Å²) >= 11 is 0. The van der Waals surface area contributed by atoms with Crippen molar-refractivity contribution in [3.05, 3.63) is 24.2 Å². The quantitative estimate of drug-likeness (QED) is 0.828. The number of likely N-dealkylation sites (tertiary alicyclic amines) is 1. The highest BCUT2D eigenvalue weighted by Crippen LogP contribution is 2.15. The lowest BCUT2D eigenvalue weighted by Gasteiger charge is -2.34. The maximum atomic E-state index is 5.30. The molecular weight excluding hydrogens is 200 g/mol. The minimum Gasteiger partial charge on any atom is -0.468 e. The van der Waals surface area contributed by atoms with Gasteiger partial charge >= 0.3 is 0 Å². The predicted octanol–water partition coefficient (Wildman–Crippen LogP) is 2.24. The zero-order valence-electron chi connectivity index (χ0n) is 10.1. The number of rotatable bonds is 5. The topological polar surface area (TPSA) is 28.4 Å². The Morgan fingerprint density at radius 1 is 1.50 bits per heavy atom. The third-order valence-electron chi connectivity index (χ3n) is 3.41. The second-order valence-corrected chi connectivity index (χ2v) is 4.49. The van der Waals surface area contributed by atoms with Crippen molar-refractivity contribution >= 4 is 0 Å². The van der Waals surface area contributed by atoms with E-state index in [0.717, 1.165) is 18.8 Å². The first-order valence-electron chi connectivity index (χ1n) is 6.37. The Morgan fingerprint density at radius 3 is 3.19 bits per heavy atom. The van der Waals surface area contributed by atoms with Crippen LogP contribution in [-0.4, -0.2) is 30.6 Å². The van der Waals surface area contributed by atoms with E-state index in [0.29, 0.717) is 6.04 Å².